The number of aromatic amines is 1. The molecular weight excluding hydrogens is 226 g/mol. The molecule has 0 aromatic carbocycles. The van der Waals surface area contributed by atoms with Gasteiger partial charge < -0.3 is 4.90 Å². The lowest BCUT2D eigenvalue weighted by Crippen LogP contribution is -2.35. The summed E-state index contributed by atoms with van der Waals surface area (Å²) in [4.78, 5) is 14.2. The fourth-order valence-electron chi connectivity index (χ4n) is 2.03. The van der Waals surface area contributed by atoms with Gasteiger partial charge in [0, 0.05) is 18.8 Å². The number of carbonyl (C=O) groups is 1. The van der Waals surface area contributed by atoms with E-state index in [-0.39, 0.29) is 5.91 Å². The third-order valence-electron chi connectivity index (χ3n) is 3.53. The highest BCUT2D eigenvalue weighted by molar-refractivity contribution is 5.92. The highest BCUT2D eigenvalue weighted by Gasteiger charge is 2.19. The molecule has 0 aliphatic rings. The van der Waals surface area contributed by atoms with Crippen molar-refractivity contribution in [1.82, 2.24) is 15.1 Å². The van der Waals surface area contributed by atoms with Crippen molar-refractivity contribution in [3.05, 3.63) is 17.5 Å². The molecule has 4 nitrogen and oxygen atoms in total. The van der Waals surface area contributed by atoms with E-state index >= 15 is 0 Å². The zero-order valence-electron chi connectivity index (χ0n) is 12.0. The third kappa shape index (κ3) is 3.59. The summed E-state index contributed by atoms with van der Waals surface area (Å²) in [6.07, 6.45) is 3.10. The summed E-state index contributed by atoms with van der Waals surface area (Å²) in [5.41, 5.74) is 1.55. The van der Waals surface area contributed by atoms with E-state index in [9.17, 15) is 4.79 Å². The van der Waals surface area contributed by atoms with E-state index in [1.54, 1.807) is 0 Å². The molecule has 1 N–H and O–H groups in total. The minimum atomic E-state index is 0.0420. The molecule has 0 aliphatic carbocycles. The van der Waals surface area contributed by atoms with Crippen LogP contribution in [0, 0.1) is 5.92 Å². The van der Waals surface area contributed by atoms with Gasteiger partial charge in [0.2, 0.25) is 0 Å². The number of rotatable bonds is 7. The molecule has 0 saturated heterocycles. The minimum absolute atomic E-state index is 0.0420. The number of nitrogens with one attached hydrogen (secondary N) is 1. The Kier molecular flexibility index (Phi) is 5.89. The fourth-order valence-corrected chi connectivity index (χ4v) is 2.03. The Bertz CT molecular complexity index is 369. The summed E-state index contributed by atoms with van der Waals surface area (Å²) in [6, 6.07) is 1.86. The first-order valence-electron chi connectivity index (χ1n) is 6.99. The lowest BCUT2D eigenvalue weighted by molar-refractivity contribution is 0.0729. The standard InChI is InChI=1S/C14H25N3O/c1-5-11(6-2)10-17(8-4)14(18)13-9-12(7-3)15-16-13/h9,11H,5-8,10H2,1-4H3,(H,15,16). The predicted molar refractivity (Wildman–Crippen MR) is 73.6 cm³/mol. The molecule has 0 fully saturated rings. The van der Waals surface area contributed by atoms with Crippen LogP contribution in [-0.4, -0.2) is 34.1 Å². The van der Waals surface area contributed by atoms with E-state index in [0.29, 0.717) is 11.6 Å². The van der Waals surface area contributed by atoms with Crippen molar-refractivity contribution in [2.24, 2.45) is 5.92 Å². The van der Waals surface area contributed by atoms with Gasteiger partial charge in [0.25, 0.3) is 5.91 Å². The van der Waals surface area contributed by atoms with Crippen LogP contribution < -0.4 is 0 Å². The molecule has 1 aromatic heterocycles. The average Bonchev–Trinajstić information content (AvgIpc) is 2.88. The lowest BCUT2D eigenvalue weighted by atomic mass is 10.0. The molecule has 1 aromatic rings. The van der Waals surface area contributed by atoms with Gasteiger partial charge in [0.1, 0.15) is 5.69 Å². The van der Waals surface area contributed by atoms with Gasteiger partial charge in [0.15, 0.2) is 0 Å². The van der Waals surface area contributed by atoms with Gasteiger partial charge in [-0.1, -0.05) is 33.6 Å². The van der Waals surface area contributed by atoms with E-state index in [2.05, 4.69) is 24.0 Å². The van der Waals surface area contributed by atoms with Crippen LogP contribution in [-0.2, 0) is 6.42 Å². The fraction of sp³-hybridized carbons (Fsp3) is 0.714. The van der Waals surface area contributed by atoms with E-state index in [1.165, 1.54) is 0 Å². The second kappa shape index (κ2) is 7.19. The topological polar surface area (TPSA) is 49.0 Å². The number of carbonyl (C=O) groups excluding carboxylic acids is 1. The zero-order valence-corrected chi connectivity index (χ0v) is 12.0. The van der Waals surface area contributed by atoms with Gasteiger partial charge in [-0.2, -0.15) is 5.10 Å². The van der Waals surface area contributed by atoms with Crippen molar-refractivity contribution >= 4 is 5.91 Å². The van der Waals surface area contributed by atoms with Crippen molar-refractivity contribution in [3.8, 4) is 0 Å². The summed E-state index contributed by atoms with van der Waals surface area (Å²) in [6.45, 7) is 9.99. The molecule has 0 aliphatic heterocycles. The van der Waals surface area contributed by atoms with Gasteiger partial charge in [0.05, 0.1) is 0 Å². The molecule has 4 heteroatoms. The normalized spacial score (nSPS) is 10.9. The van der Waals surface area contributed by atoms with Crippen LogP contribution in [0.15, 0.2) is 6.07 Å². The second-order valence-corrected chi connectivity index (χ2v) is 4.66. The largest absolute Gasteiger partial charge is 0.337 e. The van der Waals surface area contributed by atoms with E-state index < -0.39 is 0 Å². The lowest BCUT2D eigenvalue weighted by Gasteiger charge is -2.24. The third-order valence-corrected chi connectivity index (χ3v) is 3.53. The summed E-state index contributed by atoms with van der Waals surface area (Å²) in [7, 11) is 0. The Morgan fingerprint density at radius 3 is 2.44 bits per heavy atom. The number of aryl methyl sites for hydroxylation is 1. The van der Waals surface area contributed by atoms with Crippen LogP contribution in [0.25, 0.3) is 0 Å². The monoisotopic (exact) mass is 251 g/mol. The first-order valence-corrected chi connectivity index (χ1v) is 6.99. The second-order valence-electron chi connectivity index (χ2n) is 4.66. The first kappa shape index (κ1) is 14.7. The van der Waals surface area contributed by atoms with Crippen LogP contribution in [0.3, 0.4) is 0 Å². The highest BCUT2D eigenvalue weighted by atomic mass is 16.2. The highest BCUT2D eigenvalue weighted by Crippen LogP contribution is 2.12. The summed E-state index contributed by atoms with van der Waals surface area (Å²) in [5.74, 6) is 0.624. The van der Waals surface area contributed by atoms with Gasteiger partial charge in [-0.15, -0.1) is 0 Å². The molecule has 0 radical (unpaired) electrons. The van der Waals surface area contributed by atoms with Gasteiger partial charge in [-0.25, -0.2) is 0 Å². The van der Waals surface area contributed by atoms with Crippen molar-refractivity contribution in [2.75, 3.05) is 13.1 Å². The van der Waals surface area contributed by atoms with Crippen LogP contribution in [0.5, 0.6) is 0 Å². The van der Waals surface area contributed by atoms with Crippen molar-refractivity contribution in [1.29, 1.82) is 0 Å². The van der Waals surface area contributed by atoms with E-state index in [1.807, 2.05) is 24.8 Å². The summed E-state index contributed by atoms with van der Waals surface area (Å²) in [5, 5.41) is 7.00. The predicted octanol–water partition coefficient (Wildman–Crippen LogP) is 2.87. The molecule has 1 rings (SSSR count). The number of nitrogens with zero attached hydrogens (tertiary/aromatic N) is 2. The molecule has 0 bridgehead atoms. The number of hydrogen-bond donors (Lipinski definition) is 1. The Morgan fingerprint density at radius 1 is 1.33 bits per heavy atom. The number of H-pyrrole nitrogens is 1. The molecule has 18 heavy (non-hydrogen) atoms. The Balaban J connectivity index is 2.72. The summed E-state index contributed by atoms with van der Waals surface area (Å²) < 4.78 is 0. The molecule has 0 spiro atoms. The van der Waals surface area contributed by atoms with Crippen LogP contribution >= 0.6 is 0 Å². The first-order chi connectivity index (χ1) is 8.65. The van der Waals surface area contributed by atoms with E-state index in [0.717, 1.165) is 38.0 Å². The maximum Gasteiger partial charge on any atom is 0.274 e. The van der Waals surface area contributed by atoms with Gasteiger partial charge in [-0.3, -0.25) is 9.89 Å². The van der Waals surface area contributed by atoms with Gasteiger partial charge >= 0.3 is 0 Å². The molecule has 102 valence electrons. The van der Waals surface area contributed by atoms with Crippen LogP contribution in [0.4, 0.5) is 0 Å². The number of aromatic nitrogens is 2. The molecule has 0 unspecified atom stereocenters. The average molecular weight is 251 g/mol. The molecular formula is C14H25N3O. The SMILES string of the molecule is CCc1cc(C(=O)N(CC)CC(CC)CC)n[nH]1. The maximum absolute atomic E-state index is 12.3. The smallest absolute Gasteiger partial charge is 0.274 e. The van der Waals surface area contributed by atoms with Crippen LogP contribution in [0.2, 0.25) is 0 Å². The van der Waals surface area contributed by atoms with Crippen LogP contribution in [0.1, 0.15) is 56.7 Å². The van der Waals surface area contributed by atoms with Gasteiger partial charge in [-0.05, 0) is 25.3 Å². The molecule has 1 heterocycles. The summed E-state index contributed by atoms with van der Waals surface area (Å²) >= 11 is 0. The number of hydrogen-bond acceptors (Lipinski definition) is 2. The maximum atomic E-state index is 12.3. The van der Waals surface area contributed by atoms with Crippen molar-refractivity contribution < 1.29 is 4.79 Å². The Labute approximate surface area is 110 Å². The van der Waals surface area contributed by atoms with Crippen molar-refractivity contribution in [2.45, 2.75) is 47.0 Å². The Morgan fingerprint density at radius 2 is 2.00 bits per heavy atom. The van der Waals surface area contributed by atoms with E-state index in [4.69, 9.17) is 0 Å². The quantitative estimate of drug-likeness (QED) is 0.810. The molecule has 0 atom stereocenters. The zero-order chi connectivity index (χ0) is 13.5. The van der Waals surface area contributed by atoms with Crippen molar-refractivity contribution in [3.63, 3.8) is 0 Å². The number of amides is 1. The Hall–Kier alpha value is -1.32. The molecule has 0 saturated carbocycles. The minimum Gasteiger partial charge on any atom is -0.337 e. The molecule has 1 amide bonds.